The molecule has 0 fully saturated rings. The molecular weight excluding hydrogens is 376 g/mol. The third-order valence-corrected chi connectivity index (χ3v) is 5.06. The Morgan fingerprint density at radius 2 is 1.71 bits per heavy atom. The van der Waals surface area contributed by atoms with Crippen LogP contribution in [0.2, 0.25) is 0 Å². The van der Waals surface area contributed by atoms with Gasteiger partial charge in [-0.3, -0.25) is 4.79 Å². The maximum Gasteiger partial charge on any atom is 0.234 e. The van der Waals surface area contributed by atoms with Gasteiger partial charge in [-0.1, -0.05) is 36.0 Å². The van der Waals surface area contributed by atoms with Crippen molar-refractivity contribution in [1.29, 1.82) is 0 Å². The molecule has 0 atom stereocenters. The summed E-state index contributed by atoms with van der Waals surface area (Å²) in [6.07, 6.45) is 0. The molecule has 1 aromatic heterocycles. The van der Waals surface area contributed by atoms with Gasteiger partial charge in [0.2, 0.25) is 5.91 Å². The van der Waals surface area contributed by atoms with E-state index in [-0.39, 0.29) is 11.7 Å². The van der Waals surface area contributed by atoms with Gasteiger partial charge in [0.15, 0.2) is 11.0 Å². The predicted molar refractivity (Wildman–Crippen MR) is 110 cm³/mol. The summed E-state index contributed by atoms with van der Waals surface area (Å²) in [7, 11) is 3.20. The summed E-state index contributed by atoms with van der Waals surface area (Å²) < 4.78 is 12.7. The first-order chi connectivity index (χ1) is 13.7. The lowest BCUT2D eigenvalue weighted by atomic mass is 10.2. The first-order valence-electron chi connectivity index (χ1n) is 8.80. The quantitative estimate of drug-likeness (QED) is 0.583. The Morgan fingerprint density at radius 3 is 2.43 bits per heavy atom. The molecule has 0 radical (unpaired) electrons. The summed E-state index contributed by atoms with van der Waals surface area (Å²) in [6.45, 7) is 2.69. The summed E-state index contributed by atoms with van der Waals surface area (Å²) in [4.78, 5) is 12.4. The SMILES string of the molecule is CCn1c(SCC(=O)Nc2ccccc2OC)nnc1-c1ccccc1OC. The highest BCUT2D eigenvalue weighted by Gasteiger charge is 2.17. The van der Waals surface area contributed by atoms with Gasteiger partial charge in [-0.2, -0.15) is 0 Å². The van der Waals surface area contributed by atoms with E-state index in [1.165, 1.54) is 11.8 Å². The van der Waals surface area contributed by atoms with Crippen LogP contribution in [0.15, 0.2) is 53.7 Å². The smallest absolute Gasteiger partial charge is 0.234 e. The number of aromatic nitrogens is 3. The number of ether oxygens (including phenoxy) is 2. The summed E-state index contributed by atoms with van der Waals surface area (Å²) in [5, 5.41) is 12.1. The van der Waals surface area contributed by atoms with E-state index in [0.717, 1.165) is 11.3 Å². The number of para-hydroxylation sites is 3. The molecule has 3 rings (SSSR count). The van der Waals surface area contributed by atoms with Crippen LogP contribution in [-0.2, 0) is 11.3 Å². The minimum Gasteiger partial charge on any atom is -0.496 e. The Hall–Kier alpha value is -3.00. The fourth-order valence-corrected chi connectivity index (χ4v) is 3.58. The highest BCUT2D eigenvalue weighted by molar-refractivity contribution is 7.99. The number of carbonyl (C=O) groups excluding carboxylic acids is 1. The number of hydrogen-bond acceptors (Lipinski definition) is 6. The van der Waals surface area contributed by atoms with Gasteiger partial charge in [0.05, 0.1) is 31.2 Å². The van der Waals surface area contributed by atoms with Crippen molar-refractivity contribution in [2.75, 3.05) is 25.3 Å². The summed E-state index contributed by atoms with van der Waals surface area (Å²) in [5.41, 5.74) is 1.51. The summed E-state index contributed by atoms with van der Waals surface area (Å²) >= 11 is 1.34. The van der Waals surface area contributed by atoms with Gasteiger partial charge < -0.3 is 19.4 Å². The Kier molecular flexibility index (Phi) is 6.54. The number of methoxy groups -OCH3 is 2. The van der Waals surface area contributed by atoms with E-state index in [0.29, 0.717) is 29.0 Å². The Morgan fingerprint density at radius 1 is 1.04 bits per heavy atom. The van der Waals surface area contributed by atoms with E-state index in [9.17, 15) is 4.79 Å². The van der Waals surface area contributed by atoms with Crippen LogP contribution in [0.25, 0.3) is 11.4 Å². The molecular formula is C20H22N4O3S. The largest absolute Gasteiger partial charge is 0.496 e. The standard InChI is InChI=1S/C20H22N4O3S/c1-4-24-19(14-9-5-7-11-16(14)26-2)22-23-20(24)28-13-18(25)21-15-10-6-8-12-17(15)27-3/h5-12H,4,13H2,1-3H3,(H,21,25). The van der Waals surface area contributed by atoms with Crippen molar-refractivity contribution in [3.63, 3.8) is 0 Å². The molecule has 1 N–H and O–H groups in total. The van der Waals surface area contributed by atoms with Crippen LogP contribution < -0.4 is 14.8 Å². The molecule has 146 valence electrons. The second-order valence-electron chi connectivity index (χ2n) is 5.79. The molecule has 0 saturated carbocycles. The van der Waals surface area contributed by atoms with Gasteiger partial charge >= 0.3 is 0 Å². The Bertz CT molecular complexity index is 958. The monoisotopic (exact) mass is 398 g/mol. The molecule has 3 aromatic rings. The zero-order valence-corrected chi connectivity index (χ0v) is 16.8. The van der Waals surface area contributed by atoms with E-state index in [1.54, 1.807) is 26.4 Å². The van der Waals surface area contributed by atoms with Crippen molar-refractivity contribution in [2.24, 2.45) is 0 Å². The van der Waals surface area contributed by atoms with Gasteiger partial charge in [-0.15, -0.1) is 10.2 Å². The lowest BCUT2D eigenvalue weighted by molar-refractivity contribution is -0.113. The van der Waals surface area contributed by atoms with E-state index in [1.807, 2.05) is 47.9 Å². The average molecular weight is 398 g/mol. The molecule has 1 heterocycles. The van der Waals surface area contributed by atoms with Gasteiger partial charge in [-0.25, -0.2) is 0 Å². The van der Waals surface area contributed by atoms with Crippen molar-refractivity contribution in [3.05, 3.63) is 48.5 Å². The molecule has 0 spiro atoms. The minimum atomic E-state index is -0.140. The molecule has 0 bridgehead atoms. The van der Waals surface area contributed by atoms with Crippen molar-refractivity contribution < 1.29 is 14.3 Å². The lowest BCUT2D eigenvalue weighted by Gasteiger charge is -2.11. The predicted octanol–water partition coefficient (Wildman–Crippen LogP) is 3.71. The van der Waals surface area contributed by atoms with E-state index >= 15 is 0 Å². The number of anilines is 1. The fourth-order valence-electron chi connectivity index (χ4n) is 2.77. The highest BCUT2D eigenvalue weighted by Crippen LogP contribution is 2.31. The second kappa shape index (κ2) is 9.27. The number of hydrogen-bond donors (Lipinski definition) is 1. The first kappa shape index (κ1) is 19.8. The third kappa shape index (κ3) is 4.28. The highest BCUT2D eigenvalue weighted by atomic mass is 32.2. The normalized spacial score (nSPS) is 10.5. The van der Waals surface area contributed by atoms with Crippen molar-refractivity contribution in [2.45, 2.75) is 18.6 Å². The zero-order chi connectivity index (χ0) is 19.9. The van der Waals surface area contributed by atoms with Crippen LogP contribution in [0.4, 0.5) is 5.69 Å². The maximum absolute atomic E-state index is 12.4. The van der Waals surface area contributed by atoms with Gasteiger partial charge in [-0.05, 0) is 31.2 Å². The van der Waals surface area contributed by atoms with E-state index < -0.39 is 0 Å². The maximum atomic E-state index is 12.4. The molecule has 7 nitrogen and oxygen atoms in total. The third-order valence-electron chi connectivity index (χ3n) is 4.09. The molecule has 0 saturated heterocycles. The molecule has 0 aliphatic heterocycles. The van der Waals surface area contributed by atoms with Crippen molar-refractivity contribution in [1.82, 2.24) is 14.8 Å². The zero-order valence-electron chi connectivity index (χ0n) is 16.0. The van der Waals surface area contributed by atoms with Crippen LogP contribution in [0.1, 0.15) is 6.92 Å². The van der Waals surface area contributed by atoms with Gasteiger partial charge in [0.1, 0.15) is 11.5 Å². The Labute approximate surface area is 168 Å². The Balaban J connectivity index is 1.73. The van der Waals surface area contributed by atoms with Crippen LogP contribution >= 0.6 is 11.8 Å². The number of benzene rings is 2. The van der Waals surface area contributed by atoms with E-state index in [4.69, 9.17) is 9.47 Å². The molecule has 0 aliphatic carbocycles. The second-order valence-corrected chi connectivity index (χ2v) is 6.73. The number of nitrogens with zero attached hydrogens (tertiary/aromatic N) is 3. The van der Waals surface area contributed by atoms with Crippen LogP contribution in [0, 0.1) is 0 Å². The minimum absolute atomic E-state index is 0.140. The number of rotatable bonds is 8. The lowest BCUT2D eigenvalue weighted by Crippen LogP contribution is -2.15. The number of amides is 1. The molecule has 28 heavy (non-hydrogen) atoms. The molecule has 1 amide bonds. The molecule has 2 aromatic carbocycles. The van der Waals surface area contributed by atoms with Crippen molar-refractivity contribution in [3.8, 4) is 22.9 Å². The van der Waals surface area contributed by atoms with E-state index in [2.05, 4.69) is 15.5 Å². The number of nitrogens with one attached hydrogen (secondary N) is 1. The molecule has 0 unspecified atom stereocenters. The number of thioether (sulfide) groups is 1. The first-order valence-corrected chi connectivity index (χ1v) is 9.78. The van der Waals surface area contributed by atoms with Crippen LogP contribution in [0.5, 0.6) is 11.5 Å². The molecule has 8 heteroatoms. The van der Waals surface area contributed by atoms with Crippen molar-refractivity contribution >= 4 is 23.4 Å². The topological polar surface area (TPSA) is 78.3 Å². The summed E-state index contributed by atoms with van der Waals surface area (Å²) in [5.74, 6) is 2.14. The average Bonchev–Trinajstić information content (AvgIpc) is 3.15. The van der Waals surface area contributed by atoms with Crippen LogP contribution in [-0.4, -0.2) is 40.6 Å². The van der Waals surface area contributed by atoms with Gasteiger partial charge in [0, 0.05) is 6.54 Å². The fraction of sp³-hybridized carbons (Fsp3) is 0.250. The molecule has 0 aliphatic rings. The summed E-state index contributed by atoms with van der Waals surface area (Å²) in [6, 6.07) is 15.0. The number of carbonyl (C=O) groups is 1. The van der Waals surface area contributed by atoms with Crippen LogP contribution in [0.3, 0.4) is 0 Å². The van der Waals surface area contributed by atoms with Gasteiger partial charge in [0.25, 0.3) is 0 Å².